The van der Waals surface area contributed by atoms with Gasteiger partial charge >= 0.3 is 0 Å². The summed E-state index contributed by atoms with van der Waals surface area (Å²) >= 11 is 0. The summed E-state index contributed by atoms with van der Waals surface area (Å²) in [4.78, 5) is 2.43. The van der Waals surface area contributed by atoms with Crippen LogP contribution in [0, 0.1) is 5.92 Å². The van der Waals surface area contributed by atoms with Gasteiger partial charge in [0.15, 0.2) is 0 Å². The monoisotopic (exact) mass is 215 g/mol. The Bertz CT molecular complexity index is 173. The number of ether oxygens (including phenoxy) is 1. The maximum absolute atomic E-state index is 9.73. The molecule has 90 valence electrons. The number of piperidine rings is 1. The van der Waals surface area contributed by atoms with Crippen molar-refractivity contribution in [2.45, 2.75) is 45.3 Å². The molecule has 1 saturated heterocycles. The third-order valence-electron chi connectivity index (χ3n) is 3.24. The van der Waals surface area contributed by atoms with Gasteiger partial charge in [-0.3, -0.25) is 4.90 Å². The average molecular weight is 215 g/mol. The molecule has 1 heterocycles. The summed E-state index contributed by atoms with van der Waals surface area (Å²) in [5.74, 6) is 0.681. The number of methoxy groups -OCH3 is 1. The molecule has 1 fully saturated rings. The van der Waals surface area contributed by atoms with Crippen LogP contribution in [0.25, 0.3) is 0 Å². The highest BCUT2D eigenvalue weighted by Crippen LogP contribution is 2.23. The lowest BCUT2D eigenvalue weighted by Crippen LogP contribution is -2.47. The Labute approximate surface area is 93.4 Å². The minimum atomic E-state index is -0.339. The summed E-state index contributed by atoms with van der Waals surface area (Å²) in [6.45, 7) is 6.87. The van der Waals surface area contributed by atoms with Crippen molar-refractivity contribution in [3.8, 4) is 0 Å². The molecule has 0 spiro atoms. The molecule has 3 heteroatoms. The van der Waals surface area contributed by atoms with Gasteiger partial charge in [0.05, 0.1) is 12.7 Å². The quantitative estimate of drug-likeness (QED) is 0.754. The van der Waals surface area contributed by atoms with Crippen molar-refractivity contribution >= 4 is 0 Å². The van der Waals surface area contributed by atoms with E-state index < -0.39 is 0 Å². The van der Waals surface area contributed by atoms with Crippen molar-refractivity contribution < 1.29 is 9.84 Å². The predicted molar refractivity (Wildman–Crippen MR) is 61.9 cm³/mol. The van der Waals surface area contributed by atoms with Gasteiger partial charge in [0, 0.05) is 19.7 Å². The number of nitrogens with zero attached hydrogens (tertiary/aromatic N) is 1. The number of rotatable bonds is 5. The molecule has 15 heavy (non-hydrogen) atoms. The molecular weight excluding hydrogens is 190 g/mol. The Morgan fingerprint density at radius 2 is 2.13 bits per heavy atom. The highest BCUT2D eigenvalue weighted by Gasteiger charge is 2.26. The maximum atomic E-state index is 9.73. The van der Waals surface area contributed by atoms with Crippen LogP contribution in [-0.4, -0.2) is 49.0 Å². The predicted octanol–water partition coefficient (Wildman–Crippen LogP) is 1.50. The lowest BCUT2D eigenvalue weighted by molar-refractivity contribution is 0.00962. The van der Waals surface area contributed by atoms with Crippen molar-refractivity contribution in [2.75, 3.05) is 26.8 Å². The van der Waals surface area contributed by atoms with E-state index >= 15 is 0 Å². The molecule has 0 aliphatic carbocycles. The van der Waals surface area contributed by atoms with Crippen molar-refractivity contribution in [2.24, 2.45) is 5.92 Å². The van der Waals surface area contributed by atoms with Gasteiger partial charge in [-0.05, 0) is 25.3 Å². The lowest BCUT2D eigenvalue weighted by Gasteiger charge is -2.39. The van der Waals surface area contributed by atoms with Crippen LogP contribution in [0.3, 0.4) is 0 Å². The largest absolute Gasteiger partial charge is 0.389 e. The Morgan fingerprint density at radius 3 is 2.73 bits per heavy atom. The number of hydrogen-bond donors (Lipinski definition) is 1. The van der Waals surface area contributed by atoms with E-state index in [-0.39, 0.29) is 6.10 Å². The average Bonchev–Trinajstić information content (AvgIpc) is 2.18. The fourth-order valence-corrected chi connectivity index (χ4v) is 2.51. The summed E-state index contributed by atoms with van der Waals surface area (Å²) in [6, 6.07) is 0.644. The fourth-order valence-electron chi connectivity index (χ4n) is 2.51. The Balaban J connectivity index is 2.42. The Hall–Kier alpha value is -0.120. The summed E-state index contributed by atoms with van der Waals surface area (Å²) in [6.07, 6.45) is 3.54. The Morgan fingerprint density at radius 1 is 1.40 bits per heavy atom. The SMILES string of the molecule is COC[C@@H](O)CN1CCCC[C@H]1C(C)C. The molecule has 0 bridgehead atoms. The first-order valence-electron chi connectivity index (χ1n) is 6.06. The van der Waals surface area contributed by atoms with Gasteiger partial charge < -0.3 is 9.84 Å². The maximum Gasteiger partial charge on any atom is 0.0900 e. The minimum absolute atomic E-state index is 0.339. The van der Waals surface area contributed by atoms with Crippen LogP contribution < -0.4 is 0 Å². The van der Waals surface area contributed by atoms with E-state index in [0.29, 0.717) is 18.6 Å². The number of likely N-dealkylation sites (tertiary alicyclic amines) is 1. The van der Waals surface area contributed by atoms with Crippen LogP contribution in [0.5, 0.6) is 0 Å². The first kappa shape index (κ1) is 12.9. The van der Waals surface area contributed by atoms with Gasteiger partial charge in [0.1, 0.15) is 0 Å². The van der Waals surface area contributed by atoms with Crippen molar-refractivity contribution in [1.29, 1.82) is 0 Å². The van der Waals surface area contributed by atoms with Crippen LogP contribution in [0.4, 0.5) is 0 Å². The van der Waals surface area contributed by atoms with Gasteiger partial charge in [-0.2, -0.15) is 0 Å². The van der Waals surface area contributed by atoms with Crippen molar-refractivity contribution in [3.05, 3.63) is 0 Å². The number of hydrogen-bond acceptors (Lipinski definition) is 3. The second-order valence-corrected chi connectivity index (χ2v) is 4.91. The third-order valence-corrected chi connectivity index (χ3v) is 3.24. The van der Waals surface area contributed by atoms with E-state index in [1.807, 2.05) is 0 Å². The highest BCUT2D eigenvalue weighted by molar-refractivity contribution is 4.80. The molecule has 2 atom stereocenters. The first-order valence-corrected chi connectivity index (χ1v) is 6.06. The van der Waals surface area contributed by atoms with Crippen LogP contribution in [0.2, 0.25) is 0 Å². The standard InChI is InChI=1S/C12H25NO2/c1-10(2)12-6-4-5-7-13(12)8-11(14)9-15-3/h10-12,14H,4-9H2,1-3H3/t11-,12-/m0/s1. The second kappa shape index (κ2) is 6.46. The molecule has 0 amide bonds. The molecule has 3 nitrogen and oxygen atoms in total. The van der Waals surface area contributed by atoms with Gasteiger partial charge in [0.2, 0.25) is 0 Å². The zero-order chi connectivity index (χ0) is 11.3. The lowest BCUT2D eigenvalue weighted by atomic mass is 9.92. The molecule has 0 saturated carbocycles. The van der Waals surface area contributed by atoms with Crippen LogP contribution in [0.15, 0.2) is 0 Å². The number of aliphatic hydroxyl groups excluding tert-OH is 1. The molecular formula is C12H25NO2. The van der Waals surface area contributed by atoms with E-state index in [4.69, 9.17) is 4.74 Å². The number of β-amino-alcohol motifs (C(OH)–C–C–N with tert-alkyl or cyclic N) is 1. The molecule has 0 radical (unpaired) electrons. The second-order valence-electron chi connectivity index (χ2n) is 4.91. The highest BCUT2D eigenvalue weighted by atomic mass is 16.5. The molecule has 1 aliphatic rings. The topological polar surface area (TPSA) is 32.7 Å². The van der Waals surface area contributed by atoms with E-state index in [9.17, 15) is 5.11 Å². The van der Waals surface area contributed by atoms with E-state index in [1.54, 1.807) is 7.11 Å². The fraction of sp³-hybridized carbons (Fsp3) is 1.00. The smallest absolute Gasteiger partial charge is 0.0900 e. The molecule has 0 unspecified atom stereocenters. The van der Waals surface area contributed by atoms with Crippen molar-refractivity contribution in [3.63, 3.8) is 0 Å². The Kier molecular flexibility index (Phi) is 5.58. The van der Waals surface area contributed by atoms with Gasteiger partial charge in [-0.15, -0.1) is 0 Å². The van der Waals surface area contributed by atoms with E-state index in [2.05, 4.69) is 18.7 Å². The van der Waals surface area contributed by atoms with Crippen molar-refractivity contribution in [1.82, 2.24) is 4.90 Å². The first-order chi connectivity index (χ1) is 7.15. The molecule has 0 aromatic rings. The zero-order valence-electron chi connectivity index (χ0n) is 10.3. The zero-order valence-corrected chi connectivity index (χ0v) is 10.3. The van der Waals surface area contributed by atoms with E-state index in [1.165, 1.54) is 19.3 Å². The van der Waals surface area contributed by atoms with Crippen LogP contribution in [0.1, 0.15) is 33.1 Å². The third kappa shape index (κ3) is 4.09. The normalized spacial score (nSPS) is 25.8. The summed E-state index contributed by atoms with van der Waals surface area (Å²) in [5.41, 5.74) is 0. The molecule has 1 rings (SSSR count). The van der Waals surface area contributed by atoms with Crippen LogP contribution >= 0.6 is 0 Å². The molecule has 1 N–H and O–H groups in total. The number of aliphatic hydroxyl groups is 1. The molecule has 0 aromatic heterocycles. The van der Waals surface area contributed by atoms with Gasteiger partial charge in [-0.1, -0.05) is 20.3 Å². The minimum Gasteiger partial charge on any atom is -0.389 e. The molecule has 0 aromatic carbocycles. The van der Waals surface area contributed by atoms with E-state index in [0.717, 1.165) is 13.1 Å². The van der Waals surface area contributed by atoms with Gasteiger partial charge in [-0.25, -0.2) is 0 Å². The van der Waals surface area contributed by atoms with Crippen LogP contribution in [-0.2, 0) is 4.74 Å². The summed E-state index contributed by atoms with van der Waals surface area (Å²) in [7, 11) is 1.64. The molecule has 1 aliphatic heterocycles. The summed E-state index contributed by atoms with van der Waals surface area (Å²) in [5, 5.41) is 9.73. The van der Waals surface area contributed by atoms with Gasteiger partial charge in [0.25, 0.3) is 0 Å². The summed E-state index contributed by atoms with van der Waals surface area (Å²) < 4.78 is 4.96.